The number of fused-ring (bicyclic) bond motifs is 1. The first-order chi connectivity index (χ1) is 10.2. The van der Waals surface area contributed by atoms with Gasteiger partial charge in [-0.15, -0.1) is 0 Å². The van der Waals surface area contributed by atoms with Crippen molar-refractivity contribution >= 4 is 28.6 Å². The maximum Gasteiger partial charge on any atom is 0.205 e. The average Bonchev–Trinajstić information content (AvgIpc) is 2.80. The third kappa shape index (κ3) is 2.74. The lowest BCUT2D eigenvalue weighted by Crippen LogP contribution is -2.00. The molecule has 3 nitrogen and oxygen atoms in total. The number of nitrogens with zero attached hydrogens (tertiary/aromatic N) is 2. The molecule has 4 heteroatoms. The van der Waals surface area contributed by atoms with Crippen LogP contribution in [0, 0.1) is 0 Å². The molecule has 0 radical (unpaired) electrons. The molecule has 0 atom stereocenters. The van der Waals surface area contributed by atoms with Crippen molar-refractivity contribution in [3.63, 3.8) is 0 Å². The van der Waals surface area contributed by atoms with Crippen LogP contribution >= 0.6 is 11.6 Å². The monoisotopic (exact) mass is 299 g/mol. The Morgan fingerprint density at radius 1 is 1.14 bits per heavy atom. The van der Waals surface area contributed by atoms with Crippen molar-refractivity contribution in [2.75, 3.05) is 5.73 Å². The Hall–Kier alpha value is -2.00. The van der Waals surface area contributed by atoms with E-state index in [1.807, 2.05) is 22.8 Å². The van der Waals surface area contributed by atoms with Gasteiger partial charge in [0, 0.05) is 10.7 Å². The molecule has 0 aliphatic heterocycles. The van der Waals surface area contributed by atoms with E-state index < -0.39 is 0 Å². The van der Waals surface area contributed by atoms with E-state index in [2.05, 4.69) is 36.2 Å². The SMILES string of the molecule is CCCCc1ccc(-n2c(N)nc3cc(Cl)ccc32)cc1. The van der Waals surface area contributed by atoms with Gasteiger partial charge in [0.25, 0.3) is 0 Å². The molecule has 21 heavy (non-hydrogen) atoms. The van der Waals surface area contributed by atoms with Gasteiger partial charge in [0.05, 0.1) is 11.0 Å². The fourth-order valence-corrected chi connectivity index (χ4v) is 2.70. The minimum Gasteiger partial charge on any atom is -0.369 e. The number of hydrogen-bond acceptors (Lipinski definition) is 2. The number of unbranched alkanes of at least 4 members (excludes halogenated alkanes) is 1. The molecule has 2 aromatic carbocycles. The molecule has 0 aliphatic rings. The smallest absolute Gasteiger partial charge is 0.205 e. The number of halogens is 1. The largest absolute Gasteiger partial charge is 0.369 e. The molecule has 0 aliphatic carbocycles. The van der Waals surface area contributed by atoms with Crippen LogP contribution in [0.3, 0.4) is 0 Å². The lowest BCUT2D eigenvalue weighted by atomic mass is 10.1. The number of aromatic nitrogens is 2. The third-order valence-electron chi connectivity index (χ3n) is 3.66. The van der Waals surface area contributed by atoms with Crippen molar-refractivity contribution in [2.45, 2.75) is 26.2 Å². The van der Waals surface area contributed by atoms with E-state index in [0.29, 0.717) is 11.0 Å². The van der Waals surface area contributed by atoms with E-state index in [4.69, 9.17) is 17.3 Å². The van der Waals surface area contributed by atoms with E-state index in [1.54, 1.807) is 0 Å². The molecule has 0 amide bonds. The first-order valence-corrected chi connectivity index (χ1v) is 7.59. The molecular formula is C17H18ClN3. The van der Waals surface area contributed by atoms with E-state index in [1.165, 1.54) is 18.4 Å². The summed E-state index contributed by atoms with van der Waals surface area (Å²) in [6.07, 6.45) is 3.54. The Bertz CT molecular complexity index is 760. The maximum atomic E-state index is 6.06. The van der Waals surface area contributed by atoms with Gasteiger partial charge in [-0.2, -0.15) is 0 Å². The normalized spacial score (nSPS) is 11.1. The van der Waals surface area contributed by atoms with Crippen molar-refractivity contribution in [3.8, 4) is 5.69 Å². The average molecular weight is 300 g/mol. The molecule has 1 heterocycles. The number of nitrogen functional groups attached to an aromatic ring is 1. The van der Waals surface area contributed by atoms with Crippen LogP contribution in [0.15, 0.2) is 42.5 Å². The van der Waals surface area contributed by atoms with Crippen LogP contribution in [-0.4, -0.2) is 9.55 Å². The molecule has 0 bridgehead atoms. The predicted molar refractivity (Wildman–Crippen MR) is 89.1 cm³/mol. The first kappa shape index (κ1) is 14.0. The van der Waals surface area contributed by atoms with Gasteiger partial charge in [0.15, 0.2) is 0 Å². The Labute approximate surface area is 129 Å². The highest BCUT2D eigenvalue weighted by Crippen LogP contribution is 2.25. The zero-order chi connectivity index (χ0) is 14.8. The number of aryl methyl sites for hydroxylation is 1. The topological polar surface area (TPSA) is 43.8 Å². The quantitative estimate of drug-likeness (QED) is 0.765. The van der Waals surface area contributed by atoms with Crippen LogP contribution in [0.2, 0.25) is 5.02 Å². The van der Waals surface area contributed by atoms with Crippen LogP contribution in [-0.2, 0) is 6.42 Å². The summed E-state index contributed by atoms with van der Waals surface area (Å²) in [7, 11) is 0. The van der Waals surface area contributed by atoms with Gasteiger partial charge < -0.3 is 5.73 Å². The number of imidazole rings is 1. The molecule has 108 valence electrons. The van der Waals surface area contributed by atoms with Gasteiger partial charge in [0.1, 0.15) is 0 Å². The van der Waals surface area contributed by atoms with Crippen molar-refractivity contribution in [1.29, 1.82) is 0 Å². The van der Waals surface area contributed by atoms with Crippen LogP contribution in [0.4, 0.5) is 5.95 Å². The fourth-order valence-electron chi connectivity index (χ4n) is 2.54. The van der Waals surface area contributed by atoms with Gasteiger partial charge in [-0.3, -0.25) is 4.57 Å². The van der Waals surface area contributed by atoms with Crippen LogP contribution < -0.4 is 5.73 Å². The number of rotatable bonds is 4. The molecule has 0 unspecified atom stereocenters. The molecule has 0 spiro atoms. The number of benzene rings is 2. The Kier molecular flexibility index (Phi) is 3.84. The summed E-state index contributed by atoms with van der Waals surface area (Å²) < 4.78 is 1.95. The van der Waals surface area contributed by atoms with Crippen molar-refractivity contribution in [1.82, 2.24) is 9.55 Å². The lowest BCUT2D eigenvalue weighted by Gasteiger charge is -2.08. The fraction of sp³-hybridized carbons (Fsp3) is 0.235. The molecule has 3 aromatic rings. The molecule has 0 saturated carbocycles. The summed E-state index contributed by atoms with van der Waals surface area (Å²) in [5.41, 5.74) is 10.2. The Balaban J connectivity index is 2.01. The number of hydrogen-bond donors (Lipinski definition) is 1. The second-order valence-corrected chi connectivity index (χ2v) is 5.64. The number of nitrogens with two attached hydrogens (primary N) is 1. The molecule has 3 rings (SSSR count). The van der Waals surface area contributed by atoms with Crippen molar-refractivity contribution in [3.05, 3.63) is 53.1 Å². The highest BCUT2D eigenvalue weighted by Gasteiger charge is 2.10. The van der Waals surface area contributed by atoms with E-state index in [9.17, 15) is 0 Å². The predicted octanol–water partition coefficient (Wildman–Crippen LogP) is 4.60. The second kappa shape index (κ2) is 5.78. The van der Waals surface area contributed by atoms with Gasteiger partial charge in [0.2, 0.25) is 5.95 Å². The molecular weight excluding hydrogens is 282 g/mol. The lowest BCUT2D eigenvalue weighted by molar-refractivity contribution is 0.795. The Morgan fingerprint density at radius 3 is 2.62 bits per heavy atom. The van der Waals surface area contributed by atoms with Crippen LogP contribution in [0.5, 0.6) is 0 Å². The van der Waals surface area contributed by atoms with E-state index in [-0.39, 0.29) is 0 Å². The summed E-state index contributed by atoms with van der Waals surface area (Å²) >= 11 is 6.01. The summed E-state index contributed by atoms with van der Waals surface area (Å²) in [4.78, 5) is 4.38. The second-order valence-electron chi connectivity index (χ2n) is 5.21. The van der Waals surface area contributed by atoms with Gasteiger partial charge in [-0.05, 0) is 48.7 Å². The molecule has 0 saturated heterocycles. The van der Waals surface area contributed by atoms with Crippen LogP contribution in [0.1, 0.15) is 25.3 Å². The van der Waals surface area contributed by atoms with Gasteiger partial charge >= 0.3 is 0 Å². The highest BCUT2D eigenvalue weighted by atomic mass is 35.5. The minimum absolute atomic E-state index is 0.480. The highest BCUT2D eigenvalue weighted by molar-refractivity contribution is 6.31. The minimum atomic E-state index is 0.480. The first-order valence-electron chi connectivity index (χ1n) is 7.22. The molecule has 0 fully saturated rings. The van der Waals surface area contributed by atoms with Crippen LogP contribution in [0.25, 0.3) is 16.7 Å². The zero-order valence-corrected chi connectivity index (χ0v) is 12.8. The van der Waals surface area contributed by atoms with Crippen molar-refractivity contribution in [2.24, 2.45) is 0 Å². The summed E-state index contributed by atoms with van der Waals surface area (Å²) in [6.45, 7) is 2.21. The van der Waals surface area contributed by atoms with E-state index in [0.717, 1.165) is 23.1 Å². The Morgan fingerprint density at radius 2 is 1.90 bits per heavy atom. The summed E-state index contributed by atoms with van der Waals surface area (Å²) in [5, 5.41) is 0.669. The van der Waals surface area contributed by atoms with Gasteiger partial charge in [-0.1, -0.05) is 37.1 Å². The van der Waals surface area contributed by atoms with Crippen molar-refractivity contribution < 1.29 is 0 Å². The summed E-state index contributed by atoms with van der Waals surface area (Å²) in [6, 6.07) is 14.1. The maximum absolute atomic E-state index is 6.06. The number of anilines is 1. The zero-order valence-electron chi connectivity index (χ0n) is 12.0. The van der Waals surface area contributed by atoms with Gasteiger partial charge in [-0.25, -0.2) is 4.98 Å². The molecule has 2 N–H and O–H groups in total. The third-order valence-corrected chi connectivity index (χ3v) is 3.89. The van der Waals surface area contributed by atoms with E-state index >= 15 is 0 Å². The molecule has 1 aromatic heterocycles. The summed E-state index contributed by atoms with van der Waals surface area (Å²) in [5.74, 6) is 0.480. The standard InChI is InChI=1S/C17H18ClN3/c1-2-3-4-12-5-8-14(9-6-12)21-16-10-7-13(18)11-15(16)20-17(21)19/h5-11H,2-4H2,1H3,(H2,19,20).